The summed E-state index contributed by atoms with van der Waals surface area (Å²) in [5.41, 5.74) is 2.19. The maximum Gasteiger partial charge on any atom is 0.124 e. The van der Waals surface area contributed by atoms with Gasteiger partial charge in [0.15, 0.2) is 0 Å². The van der Waals surface area contributed by atoms with Crippen molar-refractivity contribution in [3.63, 3.8) is 0 Å². The molecule has 108 valence electrons. The highest BCUT2D eigenvalue weighted by Gasteiger charge is 2.05. The van der Waals surface area contributed by atoms with Crippen molar-refractivity contribution in [2.24, 2.45) is 0 Å². The van der Waals surface area contributed by atoms with Crippen LogP contribution >= 0.6 is 11.3 Å². The fourth-order valence-corrected chi connectivity index (χ4v) is 3.08. The Kier molecular flexibility index (Phi) is 4.48. The second-order valence-electron chi connectivity index (χ2n) is 4.71. The number of aromatic nitrogens is 1. The lowest BCUT2D eigenvalue weighted by atomic mass is 10.2. The highest BCUT2D eigenvalue weighted by atomic mass is 32.1. The number of hydrogen-bond acceptors (Lipinski definition) is 4. The first kappa shape index (κ1) is 14.0. The highest BCUT2D eigenvalue weighted by molar-refractivity contribution is 7.21. The van der Waals surface area contributed by atoms with Gasteiger partial charge in [-0.2, -0.15) is 0 Å². The van der Waals surface area contributed by atoms with Gasteiger partial charge in [-0.25, -0.2) is 4.98 Å². The number of rotatable bonds is 6. The summed E-state index contributed by atoms with van der Waals surface area (Å²) in [6, 6.07) is 16.4. The number of nitrogens with zero attached hydrogens (tertiary/aromatic N) is 1. The smallest absolute Gasteiger partial charge is 0.124 e. The molecule has 0 radical (unpaired) electrons. The fraction of sp³-hybridized carbons (Fsp3) is 0.235. The molecule has 0 spiro atoms. The molecule has 0 bridgehead atoms. The molecule has 1 aromatic heterocycles. The van der Waals surface area contributed by atoms with E-state index in [4.69, 9.17) is 4.74 Å². The molecule has 0 aliphatic heterocycles. The summed E-state index contributed by atoms with van der Waals surface area (Å²) in [5.74, 6) is 0.901. The quantitative estimate of drug-likeness (QED) is 0.700. The van der Waals surface area contributed by atoms with Crippen LogP contribution in [0.1, 0.15) is 6.92 Å². The number of hydrogen-bond donors (Lipinski definition) is 1. The molecule has 0 fully saturated rings. The summed E-state index contributed by atoms with van der Waals surface area (Å²) >= 11 is 1.72. The molecule has 3 aromatic rings. The van der Waals surface area contributed by atoms with Gasteiger partial charge < -0.3 is 10.1 Å². The van der Waals surface area contributed by atoms with Gasteiger partial charge in [0.05, 0.1) is 10.2 Å². The Morgan fingerprint density at radius 2 is 1.90 bits per heavy atom. The minimum atomic E-state index is 0.689. The largest absolute Gasteiger partial charge is 0.492 e. The van der Waals surface area contributed by atoms with E-state index in [1.165, 1.54) is 4.70 Å². The molecule has 21 heavy (non-hydrogen) atoms. The van der Waals surface area contributed by atoms with Gasteiger partial charge in [0.2, 0.25) is 0 Å². The molecule has 0 unspecified atom stereocenters. The number of fused-ring (bicyclic) bond motifs is 1. The van der Waals surface area contributed by atoms with Crippen molar-refractivity contribution in [3.05, 3.63) is 48.5 Å². The van der Waals surface area contributed by atoms with Crippen LogP contribution in [-0.2, 0) is 0 Å². The summed E-state index contributed by atoms with van der Waals surface area (Å²) < 4.78 is 6.90. The van der Waals surface area contributed by atoms with E-state index < -0.39 is 0 Å². The average Bonchev–Trinajstić information content (AvgIpc) is 2.96. The van der Waals surface area contributed by atoms with Gasteiger partial charge in [0.25, 0.3) is 0 Å². The highest BCUT2D eigenvalue weighted by Crippen LogP contribution is 2.30. The van der Waals surface area contributed by atoms with Crippen LogP contribution in [0.15, 0.2) is 48.5 Å². The molecule has 1 heterocycles. The van der Waals surface area contributed by atoms with E-state index >= 15 is 0 Å². The third kappa shape index (κ3) is 3.40. The van der Waals surface area contributed by atoms with E-state index in [0.29, 0.717) is 6.61 Å². The normalized spacial score (nSPS) is 10.9. The van der Waals surface area contributed by atoms with Crippen molar-refractivity contribution in [3.8, 4) is 16.3 Å². The maximum absolute atomic E-state index is 5.68. The first-order chi connectivity index (χ1) is 10.4. The van der Waals surface area contributed by atoms with E-state index in [2.05, 4.69) is 35.4 Å². The minimum Gasteiger partial charge on any atom is -0.492 e. The number of likely N-dealkylation sites (N-methyl/N-ethyl adjacent to an activating group) is 1. The summed E-state index contributed by atoms with van der Waals surface area (Å²) in [7, 11) is 0. The molecule has 0 saturated carbocycles. The van der Waals surface area contributed by atoms with Crippen LogP contribution in [0.5, 0.6) is 5.75 Å². The van der Waals surface area contributed by atoms with Crippen LogP contribution in [-0.4, -0.2) is 24.7 Å². The lowest BCUT2D eigenvalue weighted by Crippen LogP contribution is -2.20. The van der Waals surface area contributed by atoms with Gasteiger partial charge in [-0.15, -0.1) is 11.3 Å². The second kappa shape index (κ2) is 6.70. The van der Waals surface area contributed by atoms with Gasteiger partial charge in [-0.1, -0.05) is 19.1 Å². The number of benzene rings is 2. The van der Waals surface area contributed by atoms with Crippen LogP contribution in [0.2, 0.25) is 0 Å². The van der Waals surface area contributed by atoms with Gasteiger partial charge in [-0.05, 0) is 42.9 Å². The monoisotopic (exact) mass is 298 g/mol. The Morgan fingerprint density at radius 1 is 1.10 bits per heavy atom. The van der Waals surface area contributed by atoms with E-state index in [-0.39, 0.29) is 0 Å². The van der Waals surface area contributed by atoms with Crippen LogP contribution in [0.25, 0.3) is 20.8 Å². The molecule has 4 heteroatoms. The molecule has 0 saturated heterocycles. The first-order valence-corrected chi connectivity index (χ1v) is 7.98. The molecule has 3 rings (SSSR count). The van der Waals surface area contributed by atoms with Crippen LogP contribution in [0.3, 0.4) is 0 Å². The van der Waals surface area contributed by atoms with Crippen molar-refractivity contribution in [2.45, 2.75) is 6.92 Å². The Bertz CT molecular complexity index is 673. The fourth-order valence-electron chi connectivity index (χ4n) is 2.11. The first-order valence-electron chi connectivity index (χ1n) is 7.16. The Balaban J connectivity index is 1.71. The Hall–Kier alpha value is -1.91. The Labute approximate surface area is 128 Å². The topological polar surface area (TPSA) is 34.1 Å². The molecular weight excluding hydrogens is 280 g/mol. The summed E-state index contributed by atoms with van der Waals surface area (Å²) in [4.78, 5) is 4.67. The number of nitrogens with one attached hydrogen (secondary N) is 1. The zero-order valence-corrected chi connectivity index (χ0v) is 12.8. The van der Waals surface area contributed by atoms with E-state index in [1.807, 2.05) is 30.3 Å². The molecule has 2 aromatic carbocycles. The molecule has 0 aliphatic rings. The van der Waals surface area contributed by atoms with Crippen LogP contribution < -0.4 is 10.1 Å². The lowest BCUT2D eigenvalue weighted by Gasteiger charge is -2.06. The minimum absolute atomic E-state index is 0.689. The summed E-state index contributed by atoms with van der Waals surface area (Å²) in [5, 5.41) is 4.29. The summed E-state index contributed by atoms with van der Waals surface area (Å²) in [6.45, 7) is 4.62. The van der Waals surface area contributed by atoms with E-state index in [1.54, 1.807) is 11.3 Å². The lowest BCUT2D eigenvalue weighted by molar-refractivity contribution is 0.315. The Morgan fingerprint density at radius 3 is 2.67 bits per heavy atom. The van der Waals surface area contributed by atoms with Gasteiger partial charge in [0.1, 0.15) is 17.4 Å². The predicted molar refractivity (Wildman–Crippen MR) is 89.1 cm³/mol. The maximum atomic E-state index is 5.68. The molecule has 0 atom stereocenters. The molecule has 1 N–H and O–H groups in total. The van der Waals surface area contributed by atoms with Gasteiger partial charge >= 0.3 is 0 Å². The number of ether oxygens (including phenoxy) is 1. The average molecular weight is 298 g/mol. The molecule has 0 amide bonds. The third-order valence-corrected chi connectivity index (χ3v) is 4.28. The molecule has 0 aliphatic carbocycles. The van der Waals surface area contributed by atoms with E-state index in [9.17, 15) is 0 Å². The van der Waals surface area contributed by atoms with Crippen molar-refractivity contribution in [2.75, 3.05) is 19.7 Å². The van der Waals surface area contributed by atoms with Crippen LogP contribution in [0, 0.1) is 0 Å². The van der Waals surface area contributed by atoms with Gasteiger partial charge in [0, 0.05) is 12.1 Å². The predicted octanol–water partition coefficient (Wildman–Crippen LogP) is 3.95. The number of para-hydroxylation sites is 1. The summed E-state index contributed by atoms with van der Waals surface area (Å²) in [6.07, 6.45) is 0. The van der Waals surface area contributed by atoms with Crippen molar-refractivity contribution >= 4 is 21.6 Å². The number of thiazole rings is 1. The van der Waals surface area contributed by atoms with Gasteiger partial charge in [-0.3, -0.25) is 0 Å². The zero-order chi connectivity index (χ0) is 14.5. The third-order valence-electron chi connectivity index (χ3n) is 3.19. The van der Waals surface area contributed by atoms with Crippen molar-refractivity contribution < 1.29 is 4.74 Å². The molecular formula is C17H18N2OS. The van der Waals surface area contributed by atoms with E-state index in [0.717, 1.165) is 34.9 Å². The SMILES string of the molecule is CCNCCOc1ccc(-c2nc3ccccc3s2)cc1. The standard InChI is InChI=1S/C17H18N2OS/c1-2-18-11-12-20-14-9-7-13(8-10-14)17-19-15-5-3-4-6-16(15)21-17/h3-10,18H,2,11-12H2,1H3. The van der Waals surface area contributed by atoms with Crippen LogP contribution in [0.4, 0.5) is 0 Å². The molecule has 3 nitrogen and oxygen atoms in total. The van der Waals surface area contributed by atoms with Crippen molar-refractivity contribution in [1.82, 2.24) is 10.3 Å². The zero-order valence-electron chi connectivity index (χ0n) is 12.0. The second-order valence-corrected chi connectivity index (χ2v) is 5.74. The van der Waals surface area contributed by atoms with Crippen molar-refractivity contribution in [1.29, 1.82) is 0 Å².